The number of hydrogen-bond acceptors (Lipinski definition) is 4. The van der Waals surface area contributed by atoms with E-state index in [4.69, 9.17) is 0 Å². The molecule has 144 valence electrons. The number of hydrogen-bond donors (Lipinski definition) is 0. The molecule has 0 amide bonds. The second kappa shape index (κ2) is 6.79. The van der Waals surface area contributed by atoms with Gasteiger partial charge in [-0.1, -0.05) is 72.8 Å². The van der Waals surface area contributed by atoms with Crippen LogP contribution in [0.2, 0.25) is 0 Å². The van der Waals surface area contributed by atoms with Crippen molar-refractivity contribution in [2.45, 2.75) is 12.1 Å². The lowest BCUT2D eigenvalue weighted by atomic mass is 10.0. The summed E-state index contributed by atoms with van der Waals surface area (Å²) < 4.78 is 19.6. The summed E-state index contributed by atoms with van der Waals surface area (Å²) in [6.07, 6.45) is 6.60. The van der Waals surface area contributed by atoms with E-state index >= 15 is 0 Å². The fourth-order valence-electron chi connectivity index (χ4n) is 3.41. The minimum Gasteiger partial charge on any atom is -0.248 e. The summed E-state index contributed by atoms with van der Waals surface area (Å²) in [6, 6.07) is 18.0. The van der Waals surface area contributed by atoms with Crippen molar-refractivity contribution >= 4 is 9.73 Å². The molecule has 0 spiro atoms. The monoisotopic (exact) mass is 396 g/mol. The van der Waals surface area contributed by atoms with Crippen LogP contribution in [0.4, 0.5) is 0 Å². The molecule has 28 heavy (non-hydrogen) atoms. The standard InChI is InChI=1S/C20H20N4O3S/c1-28(2,27)21-22-19(25)23-17(15-9-5-3-6-10-15)13-14-18(24(23)20(22)26)16-11-7-4-8-12-16/h3-14,17-18H,1-2H3/t17-,18+. The van der Waals surface area contributed by atoms with Crippen molar-refractivity contribution in [2.24, 2.45) is 4.47 Å². The molecular formula is C20H20N4O3S. The number of allylic oxidation sites excluding steroid dienone is 2. The molecule has 2 heterocycles. The molecule has 0 fully saturated rings. The number of aromatic nitrogens is 3. The van der Waals surface area contributed by atoms with E-state index in [0.29, 0.717) is 0 Å². The Hall–Kier alpha value is -3.13. The van der Waals surface area contributed by atoms with Crippen molar-refractivity contribution in [1.29, 1.82) is 0 Å². The fraction of sp³-hybridized carbons (Fsp3) is 0.200. The molecular weight excluding hydrogens is 376 g/mol. The summed E-state index contributed by atoms with van der Waals surface area (Å²) in [5.74, 6) is 0. The molecule has 0 bridgehead atoms. The molecule has 2 aromatic carbocycles. The van der Waals surface area contributed by atoms with Crippen LogP contribution in [-0.4, -0.2) is 30.8 Å². The van der Waals surface area contributed by atoms with Crippen LogP contribution in [0.5, 0.6) is 0 Å². The van der Waals surface area contributed by atoms with Crippen molar-refractivity contribution in [3.05, 3.63) is 105 Å². The van der Waals surface area contributed by atoms with Gasteiger partial charge in [-0.3, -0.25) is 0 Å². The summed E-state index contributed by atoms with van der Waals surface area (Å²) >= 11 is 0. The third kappa shape index (κ3) is 3.16. The third-order valence-corrected chi connectivity index (χ3v) is 5.11. The zero-order valence-corrected chi connectivity index (χ0v) is 16.3. The Morgan fingerprint density at radius 1 is 0.750 bits per heavy atom. The molecule has 0 saturated heterocycles. The highest BCUT2D eigenvalue weighted by Crippen LogP contribution is 2.28. The van der Waals surface area contributed by atoms with Crippen molar-refractivity contribution < 1.29 is 4.21 Å². The molecule has 1 aliphatic rings. The van der Waals surface area contributed by atoms with Crippen LogP contribution in [0.25, 0.3) is 0 Å². The minimum atomic E-state index is -2.69. The van der Waals surface area contributed by atoms with Crippen LogP contribution < -0.4 is 11.4 Å². The number of rotatable bonds is 3. The summed E-state index contributed by atoms with van der Waals surface area (Å²) in [5, 5.41) is 0. The third-order valence-electron chi connectivity index (χ3n) is 4.55. The molecule has 7 nitrogen and oxygen atoms in total. The largest absolute Gasteiger partial charge is 0.369 e. The molecule has 1 aromatic heterocycles. The average Bonchev–Trinajstić information content (AvgIpc) is 2.93. The quantitative estimate of drug-likeness (QED) is 0.636. The van der Waals surface area contributed by atoms with Gasteiger partial charge >= 0.3 is 11.4 Å². The molecule has 0 saturated carbocycles. The van der Waals surface area contributed by atoms with Gasteiger partial charge in [0.1, 0.15) is 0 Å². The van der Waals surface area contributed by atoms with Crippen molar-refractivity contribution in [3.8, 4) is 0 Å². The lowest BCUT2D eigenvalue weighted by molar-refractivity contribution is 0.402. The maximum atomic E-state index is 13.1. The second-order valence-electron chi connectivity index (χ2n) is 6.92. The van der Waals surface area contributed by atoms with Gasteiger partial charge in [-0.25, -0.2) is 23.2 Å². The summed E-state index contributed by atoms with van der Waals surface area (Å²) in [6.45, 7) is 0. The topological polar surface area (TPSA) is 78.4 Å². The maximum absolute atomic E-state index is 13.1. The van der Waals surface area contributed by atoms with E-state index in [1.807, 2.05) is 72.8 Å². The highest BCUT2D eigenvalue weighted by molar-refractivity contribution is 7.92. The lowest BCUT2D eigenvalue weighted by Crippen LogP contribution is -2.36. The Morgan fingerprint density at radius 3 is 1.50 bits per heavy atom. The number of benzene rings is 2. The van der Waals surface area contributed by atoms with Gasteiger partial charge in [-0.15, -0.1) is 9.15 Å². The Balaban J connectivity index is 2.02. The van der Waals surface area contributed by atoms with E-state index in [1.54, 1.807) is 0 Å². The van der Waals surface area contributed by atoms with Crippen LogP contribution in [-0.2, 0) is 9.73 Å². The Bertz CT molecular complexity index is 1190. The molecule has 0 radical (unpaired) electrons. The average molecular weight is 396 g/mol. The second-order valence-corrected chi connectivity index (χ2v) is 9.45. The molecule has 0 aliphatic carbocycles. The highest BCUT2D eigenvalue weighted by Gasteiger charge is 2.30. The summed E-state index contributed by atoms with van der Waals surface area (Å²) in [5.41, 5.74) is 0.514. The highest BCUT2D eigenvalue weighted by atomic mass is 32.2. The van der Waals surface area contributed by atoms with Crippen LogP contribution in [0.3, 0.4) is 0 Å². The summed E-state index contributed by atoms with van der Waals surface area (Å²) in [7, 11) is -2.69. The number of fused-ring (bicyclic) bond motifs is 1. The first-order valence-corrected chi connectivity index (χ1v) is 11.1. The van der Waals surface area contributed by atoms with E-state index in [0.717, 1.165) is 15.8 Å². The first kappa shape index (κ1) is 18.2. The maximum Gasteiger partial charge on any atom is 0.369 e. The van der Waals surface area contributed by atoms with Crippen LogP contribution in [0.15, 0.2) is 86.9 Å². The lowest BCUT2D eigenvalue weighted by Gasteiger charge is -2.27. The van der Waals surface area contributed by atoms with Crippen LogP contribution in [0.1, 0.15) is 23.2 Å². The predicted octanol–water partition coefficient (Wildman–Crippen LogP) is 2.05. The first-order valence-electron chi connectivity index (χ1n) is 8.78. The Morgan fingerprint density at radius 2 is 1.14 bits per heavy atom. The smallest absolute Gasteiger partial charge is 0.248 e. The van der Waals surface area contributed by atoms with Gasteiger partial charge in [0, 0.05) is 12.5 Å². The van der Waals surface area contributed by atoms with Gasteiger partial charge < -0.3 is 0 Å². The molecule has 4 rings (SSSR count). The van der Waals surface area contributed by atoms with Gasteiger partial charge in [0.05, 0.1) is 21.8 Å². The molecule has 0 N–H and O–H groups in total. The van der Waals surface area contributed by atoms with E-state index in [1.165, 1.54) is 21.9 Å². The van der Waals surface area contributed by atoms with Gasteiger partial charge in [0.25, 0.3) is 0 Å². The van der Waals surface area contributed by atoms with Gasteiger partial charge in [0.15, 0.2) is 0 Å². The van der Waals surface area contributed by atoms with Crippen LogP contribution in [0, 0.1) is 0 Å². The van der Waals surface area contributed by atoms with Crippen molar-refractivity contribution in [1.82, 2.24) is 14.0 Å². The minimum absolute atomic E-state index is 0.456. The zero-order chi connectivity index (χ0) is 19.9. The molecule has 0 unspecified atom stereocenters. The summed E-state index contributed by atoms with van der Waals surface area (Å²) in [4.78, 5) is 26.2. The molecule has 3 aromatic rings. The predicted molar refractivity (Wildman–Crippen MR) is 109 cm³/mol. The Kier molecular flexibility index (Phi) is 4.43. The van der Waals surface area contributed by atoms with Crippen LogP contribution >= 0.6 is 0 Å². The first-order chi connectivity index (χ1) is 13.4. The fourth-order valence-corrected chi connectivity index (χ4v) is 3.94. The molecule has 8 heteroatoms. The van der Waals surface area contributed by atoms with Crippen molar-refractivity contribution in [2.75, 3.05) is 12.5 Å². The number of nitrogens with zero attached hydrogens (tertiary/aromatic N) is 4. The Labute approximate surface area is 162 Å². The van der Waals surface area contributed by atoms with E-state index < -0.39 is 33.2 Å². The van der Waals surface area contributed by atoms with E-state index in [-0.39, 0.29) is 0 Å². The molecule has 1 aliphatic heterocycles. The SMILES string of the molecule is CS(C)(=O)=Nn1c(=O)n2n(c1=O)[C@H](c1ccccc1)C=C[C@@H]2c1ccccc1. The zero-order valence-electron chi connectivity index (χ0n) is 15.5. The van der Waals surface area contributed by atoms with Gasteiger partial charge in [-0.2, -0.15) is 0 Å². The van der Waals surface area contributed by atoms with E-state index in [2.05, 4.69) is 4.47 Å². The van der Waals surface area contributed by atoms with Crippen molar-refractivity contribution in [3.63, 3.8) is 0 Å². The molecule has 2 atom stereocenters. The van der Waals surface area contributed by atoms with Gasteiger partial charge in [0.2, 0.25) is 0 Å². The normalized spacial score (nSPS) is 18.6. The van der Waals surface area contributed by atoms with E-state index in [9.17, 15) is 13.8 Å². The van der Waals surface area contributed by atoms with Gasteiger partial charge in [-0.05, 0) is 11.1 Å².